The zero-order chi connectivity index (χ0) is 13.8. The van der Waals surface area contributed by atoms with Crippen LogP contribution in [0.1, 0.15) is 36.1 Å². The Bertz CT molecular complexity index is 495. The van der Waals surface area contributed by atoms with Gasteiger partial charge in [-0.05, 0) is 45.8 Å². The second-order valence-electron chi connectivity index (χ2n) is 5.14. The lowest BCUT2D eigenvalue weighted by molar-refractivity contribution is 0.122. The highest BCUT2D eigenvalue weighted by atomic mass is 16.5. The number of likely N-dealkylation sites (N-methyl/N-ethyl adjacent to an activating group) is 1. The summed E-state index contributed by atoms with van der Waals surface area (Å²) in [7, 11) is 2.12. The van der Waals surface area contributed by atoms with Crippen LogP contribution in [-0.4, -0.2) is 41.3 Å². The fourth-order valence-corrected chi connectivity index (χ4v) is 2.35. The third-order valence-electron chi connectivity index (χ3n) is 3.87. The average molecular weight is 260 g/mol. The smallest absolute Gasteiger partial charge is 0.251 e. The minimum atomic E-state index is 0.365. The molecule has 0 amide bonds. The molecule has 1 unspecified atom stereocenters. The van der Waals surface area contributed by atoms with Gasteiger partial charge in [0.25, 0.3) is 5.88 Å². The molecule has 2 heterocycles. The molecule has 1 atom stereocenters. The van der Waals surface area contributed by atoms with E-state index < -0.39 is 0 Å². The number of piperidine rings is 1. The molecule has 1 saturated heterocycles. The molecule has 0 N–H and O–H groups in total. The lowest BCUT2D eigenvalue weighted by atomic mass is 10.0. The third kappa shape index (κ3) is 3.02. The van der Waals surface area contributed by atoms with Crippen molar-refractivity contribution in [3.05, 3.63) is 16.8 Å². The van der Waals surface area contributed by atoms with E-state index in [1.54, 1.807) is 0 Å². The molecule has 1 aromatic rings. The average Bonchev–Trinajstić information content (AvgIpc) is 2.41. The van der Waals surface area contributed by atoms with Gasteiger partial charge in [-0.15, -0.1) is 5.10 Å². The molecule has 0 bridgehead atoms. The van der Waals surface area contributed by atoms with Gasteiger partial charge in [-0.3, -0.25) is 0 Å². The Morgan fingerprint density at radius 3 is 2.84 bits per heavy atom. The van der Waals surface area contributed by atoms with Crippen LogP contribution in [0.5, 0.6) is 5.88 Å². The van der Waals surface area contributed by atoms with E-state index >= 15 is 0 Å². The van der Waals surface area contributed by atoms with Crippen molar-refractivity contribution in [3.8, 4) is 11.9 Å². The molecule has 0 saturated carbocycles. The van der Waals surface area contributed by atoms with Crippen LogP contribution < -0.4 is 4.74 Å². The van der Waals surface area contributed by atoms with Crippen molar-refractivity contribution in [2.24, 2.45) is 0 Å². The SMILES string of the molecule is Cc1nnc(OCC2CCCCN2C)c(C#N)c1C. The Hall–Kier alpha value is -1.67. The first kappa shape index (κ1) is 13.8. The van der Waals surface area contributed by atoms with E-state index in [0.29, 0.717) is 24.1 Å². The summed E-state index contributed by atoms with van der Waals surface area (Å²) >= 11 is 0. The molecular weight excluding hydrogens is 240 g/mol. The van der Waals surface area contributed by atoms with E-state index in [0.717, 1.165) is 24.2 Å². The maximum atomic E-state index is 9.20. The molecule has 2 rings (SSSR count). The topological polar surface area (TPSA) is 62.0 Å². The summed E-state index contributed by atoms with van der Waals surface area (Å²) in [6.07, 6.45) is 3.62. The van der Waals surface area contributed by atoms with Crippen LogP contribution in [0.25, 0.3) is 0 Å². The van der Waals surface area contributed by atoms with Gasteiger partial charge < -0.3 is 9.64 Å². The predicted molar refractivity (Wildman–Crippen MR) is 72.0 cm³/mol. The number of hydrogen-bond acceptors (Lipinski definition) is 5. The summed E-state index contributed by atoms with van der Waals surface area (Å²) in [6.45, 7) is 5.41. The zero-order valence-electron chi connectivity index (χ0n) is 11.8. The van der Waals surface area contributed by atoms with E-state index in [-0.39, 0.29) is 0 Å². The van der Waals surface area contributed by atoms with E-state index in [1.807, 2.05) is 13.8 Å². The summed E-state index contributed by atoms with van der Waals surface area (Å²) < 4.78 is 5.74. The monoisotopic (exact) mass is 260 g/mol. The molecule has 5 nitrogen and oxygen atoms in total. The second-order valence-corrected chi connectivity index (χ2v) is 5.14. The van der Waals surface area contributed by atoms with E-state index in [2.05, 4.69) is 28.2 Å². The number of nitriles is 1. The van der Waals surface area contributed by atoms with Gasteiger partial charge in [-0.25, -0.2) is 0 Å². The summed E-state index contributed by atoms with van der Waals surface area (Å²) in [5, 5.41) is 17.2. The molecule has 102 valence electrons. The maximum absolute atomic E-state index is 9.20. The van der Waals surface area contributed by atoms with Crippen molar-refractivity contribution in [3.63, 3.8) is 0 Å². The summed E-state index contributed by atoms with van der Waals surface area (Å²) in [5.74, 6) is 0.365. The van der Waals surface area contributed by atoms with E-state index in [1.165, 1.54) is 12.8 Å². The van der Waals surface area contributed by atoms with Crippen molar-refractivity contribution in [1.82, 2.24) is 15.1 Å². The Kier molecular flexibility index (Phi) is 4.33. The first-order valence-electron chi connectivity index (χ1n) is 6.70. The van der Waals surface area contributed by atoms with Crippen molar-refractivity contribution in [2.75, 3.05) is 20.2 Å². The van der Waals surface area contributed by atoms with Gasteiger partial charge in [-0.2, -0.15) is 10.4 Å². The minimum Gasteiger partial charge on any atom is -0.474 e. The molecule has 1 aromatic heterocycles. The molecule has 1 aliphatic heterocycles. The van der Waals surface area contributed by atoms with Crippen LogP contribution >= 0.6 is 0 Å². The Labute approximate surface area is 114 Å². The molecule has 1 aliphatic rings. The van der Waals surface area contributed by atoms with Crippen molar-refractivity contribution < 1.29 is 4.74 Å². The quantitative estimate of drug-likeness (QED) is 0.829. The molecule has 0 radical (unpaired) electrons. The molecule has 0 aliphatic carbocycles. The van der Waals surface area contributed by atoms with Gasteiger partial charge >= 0.3 is 0 Å². The van der Waals surface area contributed by atoms with Gasteiger partial charge in [0.2, 0.25) is 0 Å². The van der Waals surface area contributed by atoms with Crippen LogP contribution in [0.3, 0.4) is 0 Å². The number of nitrogens with zero attached hydrogens (tertiary/aromatic N) is 4. The number of aryl methyl sites for hydroxylation is 1. The van der Waals surface area contributed by atoms with Crippen molar-refractivity contribution >= 4 is 0 Å². The molecule has 5 heteroatoms. The first-order valence-corrected chi connectivity index (χ1v) is 6.70. The number of likely N-dealkylation sites (tertiary alicyclic amines) is 1. The fraction of sp³-hybridized carbons (Fsp3) is 0.643. The molecule has 0 spiro atoms. The number of rotatable bonds is 3. The zero-order valence-corrected chi connectivity index (χ0v) is 11.8. The summed E-state index contributed by atoms with van der Waals surface area (Å²) in [6, 6.07) is 2.57. The highest BCUT2D eigenvalue weighted by Gasteiger charge is 2.21. The normalized spacial score (nSPS) is 20.0. The maximum Gasteiger partial charge on any atom is 0.251 e. The predicted octanol–water partition coefficient (Wildman–Crippen LogP) is 1.83. The van der Waals surface area contributed by atoms with Crippen LogP contribution in [0.2, 0.25) is 0 Å². The number of ether oxygens (including phenoxy) is 1. The van der Waals surface area contributed by atoms with Gasteiger partial charge in [0.05, 0.1) is 5.69 Å². The summed E-state index contributed by atoms with van der Waals surface area (Å²) in [5.41, 5.74) is 2.13. The Balaban J connectivity index is 2.07. The largest absolute Gasteiger partial charge is 0.474 e. The molecule has 1 fully saturated rings. The van der Waals surface area contributed by atoms with Crippen LogP contribution in [0.15, 0.2) is 0 Å². The minimum absolute atomic E-state index is 0.365. The second kappa shape index (κ2) is 5.98. The van der Waals surface area contributed by atoms with E-state index in [9.17, 15) is 5.26 Å². The van der Waals surface area contributed by atoms with Crippen LogP contribution in [0, 0.1) is 25.2 Å². The molecular formula is C14H20N4O. The number of hydrogen-bond donors (Lipinski definition) is 0. The van der Waals surface area contributed by atoms with Gasteiger partial charge in [0.15, 0.2) is 0 Å². The highest BCUT2D eigenvalue weighted by molar-refractivity contribution is 5.44. The summed E-state index contributed by atoms with van der Waals surface area (Å²) in [4.78, 5) is 2.31. The third-order valence-corrected chi connectivity index (χ3v) is 3.87. The molecule has 19 heavy (non-hydrogen) atoms. The van der Waals surface area contributed by atoms with Gasteiger partial charge in [0, 0.05) is 6.04 Å². The lowest BCUT2D eigenvalue weighted by Gasteiger charge is -2.32. The molecule has 0 aromatic carbocycles. The lowest BCUT2D eigenvalue weighted by Crippen LogP contribution is -2.40. The Morgan fingerprint density at radius 2 is 2.16 bits per heavy atom. The first-order chi connectivity index (χ1) is 9.13. The van der Waals surface area contributed by atoms with Gasteiger partial charge in [-0.1, -0.05) is 6.42 Å². The fourth-order valence-electron chi connectivity index (χ4n) is 2.35. The Morgan fingerprint density at radius 1 is 1.37 bits per heavy atom. The van der Waals surface area contributed by atoms with Crippen LogP contribution in [0.4, 0.5) is 0 Å². The number of aromatic nitrogens is 2. The van der Waals surface area contributed by atoms with Gasteiger partial charge in [0.1, 0.15) is 18.2 Å². The van der Waals surface area contributed by atoms with Crippen molar-refractivity contribution in [2.45, 2.75) is 39.2 Å². The van der Waals surface area contributed by atoms with Crippen LogP contribution in [-0.2, 0) is 0 Å². The highest BCUT2D eigenvalue weighted by Crippen LogP contribution is 2.21. The standard InChI is InChI=1S/C14H20N4O/c1-10-11(2)16-17-14(13(10)8-15)19-9-12-6-4-5-7-18(12)3/h12H,4-7,9H2,1-3H3. The van der Waals surface area contributed by atoms with Crippen molar-refractivity contribution in [1.29, 1.82) is 5.26 Å². The van der Waals surface area contributed by atoms with E-state index in [4.69, 9.17) is 4.74 Å².